The zero-order valence-corrected chi connectivity index (χ0v) is 21.4. The first-order valence-electron chi connectivity index (χ1n) is 11.6. The van der Waals surface area contributed by atoms with Crippen molar-refractivity contribution in [2.24, 2.45) is 0 Å². The van der Waals surface area contributed by atoms with E-state index in [0.29, 0.717) is 44.5 Å². The predicted molar refractivity (Wildman–Crippen MR) is 150 cm³/mol. The Bertz CT molecular complexity index is 1690. The standard InChI is InChI=1S/C31H20Cl2O5/c32-23-10-8-21(9-11-23)27-19-37-29-17-25(14-15-26(29)31(27)35)38-30(34)16-7-20-5-12-24(13-6-20)36-18-22-3-1-2-4-28(22)33/h1-17,19H,18H2. The number of esters is 1. The van der Waals surface area contributed by atoms with E-state index >= 15 is 0 Å². The number of hydrogen-bond donors (Lipinski definition) is 0. The van der Waals surface area contributed by atoms with Gasteiger partial charge in [0.2, 0.25) is 0 Å². The van der Waals surface area contributed by atoms with E-state index in [1.165, 1.54) is 18.4 Å². The molecule has 0 aliphatic heterocycles. The summed E-state index contributed by atoms with van der Waals surface area (Å²) in [7, 11) is 0. The number of hydrogen-bond acceptors (Lipinski definition) is 5. The molecule has 5 aromatic rings. The van der Waals surface area contributed by atoms with Gasteiger partial charge in [-0.25, -0.2) is 4.79 Å². The van der Waals surface area contributed by atoms with Crippen molar-refractivity contribution >= 4 is 46.2 Å². The van der Waals surface area contributed by atoms with Gasteiger partial charge in [-0.15, -0.1) is 0 Å². The lowest BCUT2D eigenvalue weighted by Gasteiger charge is -2.08. The molecule has 0 aliphatic carbocycles. The average molecular weight is 543 g/mol. The largest absolute Gasteiger partial charge is 0.489 e. The van der Waals surface area contributed by atoms with Gasteiger partial charge in [0.15, 0.2) is 5.43 Å². The van der Waals surface area contributed by atoms with Gasteiger partial charge in [0.25, 0.3) is 0 Å². The quantitative estimate of drug-likeness (QED) is 0.118. The molecule has 38 heavy (non-hydrogen) atoms. The lowest BCUT2D eigenvalue weighted by Crippen LogP contribution is -2.06. The summed E-state index contributed by atoms with van der Waals surface area (Å²) in [6.45, 7) is 0.357. The Morgan fingerprint density at radius 3 is 2.37 bits per heavy atom. The van der Waals surface area contributed by atoms with Crippen molar-refractivity contribution in [2.75, 3.05) is 0 Å². The normalized spacial score (nSPS) is 11.1. The van der Waals surface area contributed by atoms with Gasteiger partial charge in [0.1, 0.15) is 30.0 Å². The molecule has 0 radical (unpaired) electrons. The molecule has 0 amide bonds. The number of carbonyl (C=O) groups excluding carboxylic acids is 1. The molecule has 1 aromatic heterocycles. The van der Waals surface area contributed by atoms with Crippen LogP contribution in [0.3, 0.4) is 0 Å². The molecule has 5 nitrogen and oxygen atoms in total. The van der Waals surface area contributed by atoms with E-state index in [2.05, 4.69) is 0 Å². The van der Waals surface area contributed by atoms with Crippen molar-refractivity contribution in [3.8, 4) is 22.6 Å². The number of rotatable bonds is 7. The summed E-state index contributed by atoms with van der Waals surface area (Å²) in [6.07, 6.45) is 4.35. The van der Waals surface area contributed by atoms with E-state index in [-0.39, 0.29) is 11.2 Å². The third kappa shape index (κ3) is 5.97. The first kappa shape index (κ1) is 25.3. The van der Waals surface area contributed by atoms with Crippen LogP contribution in [0.5, 0.6) is 11.5 Å². The first-order valence-corrected chi connectivity index (χ1v) is 12.4. The summed E-state index contributed by atoms with van der Waals surface area (Å²) in [5, 5.41) is 1.61. The molecule has 0 atom stereocenters. The van der Waals surface area contributed by atoms with Gasteiger partial charge < -0.3 is 13.9 Å². The Labute approximate surface area is 228 Å². The number of carbonyl (C=O) groups is 1. The molecule has 188 valence electrons. The first-order chi connectivity index (χ1) is 18.5. The Hall–Kier alpha value is -4.32. The van der Waals surface area contributed by atoms with Crippen molar-refractivity contribution in [2.45, 2.75) is 6.61 Å². The van der Waals surface area contributed by atoms with Gasteiger partial charge in [-0.3, -0.25) is 4.79 Å². The number of halogens is 2. The molecule has 0 saturated heterocycles. The van der Waals surface area contributed by atoms with Crippen molar-refractivity contribution < 1.29 is 18.7 Å². The van der Waals surface area contributed by atoms with Crippen LogP contribution in [0.4, 0.5) is 0 Å². The average Bonchev–Trinajstić information content (AvgIpc) is 2.93. The van der Waals surface area contributed by atoms with Crippen LogP contribution in [0.15, 0.2) is 113 Å². The fourth-order valence-corrected chi connectivity index (χ4v) is 4.08. The molecule has 4 aromatic carbocycles. The Morgan fingerprint density at radius 1 is 0.868 bits per heavy atom. The van der Waals surface area contributed by atoms with Crippen molar-refractivity contribution in [3.63, 3.8) is 0 Å². The lowest BCUT2D eigenvalue weighted by atomic mass is 10.1. The van der Waals surface area contributed by atoms with Crippen molar-refractivity contribution in [1.82, 2.24) is 0 Å². The third-order valence-electron chi connectivity index (χ3n) is 5.76. The zero-order valence-electron chi connectivity index (χ0n) is 19.9. The Kier molecular flexibility index (Phi) is 7.59. The summed E-state index contributed by atoms with van der Waals surface area (Å²) < 4.78 is 16.8. The monoisotopic (exact) mass is 542 g/mol. The number of ether oxygens (including phenoxy) is 2. The molecule has 0 bridgehead atoms. The fourth-order valence-electron chi connectivity index (χ4n) is 3.77. The molecular weight excluding hydrogens is 523 g/mol. The molecular formula is C31H20Cl2O5. The minimum atomic E-state index is -0.566. The maximum absolute atomic E-state index is 12.9. The Balaban J connectivity index is 1.22. The summed E-state index contributed by atoms with van der Waals surface area (Å²) in [6, 6.07) is 26.4. The van der Waals surface area contributed by atoms with E-state index < -0.39 is 5.97 Å². The molecule has 0 aliphatic rings. The third-order valence-corrected chi connectivity index (χ3v) is 6.38. The maximum Gasteiger partial charge on any atom is 0.336 e. The zero-order chi connectivity index (χ0) is 26.5. The second-order valence-electron chi connectivity index (χ2n) is 8.35. The van der Waals surface area contributed by atoms with Gasteiger partial charge in [-0.05, 0) is 59.7 Å². The molecule has 0 N–H and O–H groups in total. The molecule has 0 spiro atoms. The van der Waals surface area contributed by atoms with E-state index in [9.17, 15) is 9.59 Å². The van der Waals surface area contributed by atoms with Crippen LogP contribution in [0.1, 0.15) is 11.1 Å². The SMILES string of the molecule is O=C(C=Cc1ccc(OCc2ccccc2Cl)cc1)Oc1ccc2c(=O)c(-c3ccc(Cl)cc3)coc2c1. The van der Waals surface area contributed by atoms with Crippen molar-refractivity contribution in [1.29, 1.82) is 0 Å². The van der Waals surface area contributed by atoms with E-state index in [1.54, 1.807) is 42.5 Å². The molecule has 0 unspecified atom stereocenters. The van der Waals surface area contributed by atoms with Crippen LogP contribution in [0.25, 0.3) is 28.2 Å². The minimum absolute atomic E-state index is 0.189. The highest BCUT2D eigenvalue weighted by molar-refractivity contribution is 6.31. The molecule has 7 heteroatoms. The van der Waals surface area contributed by atoms with Crippen LogP contribution in [0, 0.1) is 0 Å². The van der Waals surface area contributed by atoms with Crippen LogP contribution in [0.2, 0.25) is 10.0 Å². The molecule has 1 heterocycles. The highest BCUT2D eigenvalue weighted by Crippen LogP contribution is 2.25. The van der Waals surface area contributed by atoms with E-state index in [1.807, 2.05) is 48.5 Å². The molecule has 5 rings (SSSR count). The van der Waals surface area contributed by atoms with E-state index in [0.717, 1.165) is 11.1 Å². The summed E-state index contributed by atoms with van der Waals surface area (Å²) in [5.74, 6) is 0.378. The van der Waals surface area contributed by atoms with Crippen LogP contribution < -0.4 is 14.9 Å². The van der Waals surface area contributed by atoms with Gasteiger partial charge in [-0.2, -0.15) is 0 Å². The maximum atomic E-state index is 12.9. The number of benzene rings is 4. The molecule has 0 fully saturated rings. The van der Waals surface area contributed by atoms with Crippen LogP contribution in [-0.2, 0) is 11.4 Å². The van der Waals surface area contributed by atoms with Gasteiger partial charge in [0, 0.05) is 27.8 Å². The lowest BCUT2D eigenvalue weighted by molar-refractivity contribution is -0.128. The Morgan fingerprint density at radius 2 is 1.61 bits per heavy atom. The van der Waals surface area contributed by atoms with Gasteiger partial charge in [0.05, 0.1) is 10.9 Å². The topological polar surface area (TPSA) is 65.7 Å². The predicted octanol–water partition coefficient (Wildman–Crippen LogP) is 7.96. The van der Waals surface area contributed by atoms with Crippen molar-refractivity contribution in [3.05, 3.63) is 135 Å². The summed E-state index contributed by atoms with van der Waals surface area (Å²) >= 11 is 12.1. The fraction of sp³-hybridized carbons (Fsp3) is 0.0323. The molecule has 0 saturated carbocycles. The highest BCUT2D eigenvalue weighted by atomic mass is 35.5. The van der Waals surface area contributed by atoms with Crippen LogP contribution >= 0.6 is 23.2 Å². The number of fused-ring (bicyclic) bond motifs is 1. The second kappa shape index (κ2) is 11.4. The van der Waals surface area contributed by atoms with Gasteiger partial charge in [-0.1, -0.05) is 65.7 Å². The van der Waals surface area contributed by atoms with E-state index in [4.69, 9.17) is 37.1 Å². The van der Waals surface area contributed by atoms with Gasteiger partial charge >= 0.3 is 5.97 Å². The summed E-state index contributed by atoms with van der Waals surface area (Å²) in [5.41, 5.74) is 2.94. The second-order valence-corrected chi connectivity index (χ2v) is 9.19. The highest BCUT2D eigenvalue weighted by Gasteiger charge is 2.11. The van der Waals surface area contributed by atoms with Crippen LogP contribution in [-0.4, -0.2) is 5.97 Å². The smallest absolute Gasteiger partial charge is 0.336 e. The summed E-state index contributed by atoms with van der Waals surface area (Å²) in [4.78, 5) is 25.3. The minimum Gasteiger partial charge on any atom is -0.489 e.